The van der Waals surface area contributed by atoms with E-state index in [1.54, 1.807) is 4.90 Å². The van der Waals surface area contributed by atoms with Crippen molar-refractivity contribution in [2.24, 2.45) is 23.0 Å². The molecule has 5 heteroatoms. The van der Waals surface area contributed by atoms with Gasteiger partial charge in [0.15, 0.2) is 0 Å². The molecule has 0 spiro atoms. The van der Waals surface area contributed by atoms with Gasteiger partial charge < -0.3 is 15.7 Å². The molecular formula is C15H28N2O3. The second kappa shape index (κ2) is 7.07. The van der Waals surface area contributed by atoms with Gasteiger partial charge in [-0.3, -0.25) is 9.59 Å². The summed E-state index contributed by atoms with van der Waals surface area (Å²) in [6.07, 6.45) is 2.73. The SMILES string of the molecule is CCC1(C(=O)O)CCCN(C(=O)C(CN)CC(C)C)C1. The van der Waals surface area contributed by atoms with E-state index in [2.05, 4.69) is 13.8 Å². The van der Waals surface area contributed by atoms with Crippen molar-refractivity contribution in [3.8, 4) is 0 Å². The lowest BCUT2D eigenvalue weighted by Gasteiger charge is -2.40. The summed E-state index contributed by atoms with van der Waals surface area (Å²) >= 11 is 0. The summed E-state index contributed by atoms with van der Waals surface area (Å²) in [5, 5.41) is 9.47. The minimum absolute atomic E-state index is 0.0278. The molecule has 1 heterocycles. The van der Waals surface area contributed by atoms with Gasteiger partial charge in [0.25, 0.3) is 0 Å². The van der Waals surface area contributed by atoms with E-state index in [0.29, 0.717) is 38.4 Å². The van der Waals surface area contributed by atoms with Gasteiger partial charge in [-0.25, -0.2) is 0 Å². The molecule has 1 fully saturated rings. The molecule has 1 aliphatic heterocycles. The van der Waals surface area contributed by atoms with Crippen molar-refractivity contribution in [1.82, 2.24) is 4.90 Å². The Balaban J connectivity index is 2.80. The molecule has 0 aromatic rings. The Kier molecular flexibility index (Phi) is 5.99. The van der Waals surface area contributed by atoms with Crippen LogP contribution in [0.4, 0.5) is 0 Å². The van der Waals surface area contributed by atoms with Crippen LogP contribution < -0.4 is 5.73 Å². The van der Waals surface area contributed by atoms with Crippen molar-refractivity contribution in [2.45, 2.75) is 46.5 Å². The van der Waals surface area contributed by atoms with Crippen molar-refractivity contribution in [3.05, 3.63) is 0 Å². The first kappa shape index (κ1) is 17.0. The highest BCUT2D eigenvalue weighted by Crippen LogP contribution is 2.34. The van der Waals surface area contributed by atoms with Gasteiger partial charge in [-0.2, -0.15) is 0 Å². The van der Waals surface area contributed by atoms with E-state index in [-0.39, 0.29) is 11.8 Å². The lowest BCUT2D eigenvalue weighted by Crippen LogP contribution is -2.52. The molecular weight excluding hydrogens is 256 g/mol. The van der Waals surface area contributed by atoms with Crippen LogP contribution >= 0.6 is 0 Å². The Morgan fingerprint density at radius 1 is 1.40 bits per heavy atom. The first-order chi connectivity index (χ1) is 9.36. The maximum absolute atomic E-state index is 12.5. The summed E-state index contributed by atoms with van der Waals surface area (Å²) in [4.78, 5) is 25.8. The number of nitrogens with zero attached hydrogens (tertiary/aromatic N) is 1. The van der Waals surface area contributed by atoms with E-state index in [1.807, 2.05) is 6.92 Å². The van der Waals surface area contributed by atoms with E-state index in [4.69, 9.17) is 5.73 Å². The van der Waals surface area contributed by atoms with Crippen LogP contribution in [0.3, 0.4) is 0 Å². The Morgan fingerprint density at radius 3 is 2.50 bits per heavy atom. The maximum atomic E-state index is 12.5. The molecule has 5 nitrogen and oxygen atoms in total. The van der Waals surface area contributed by atoms with Crippen molar-refractivity contribution in [1.29, 1.82) is 0 Å². The predicted octanol–water partition coefficient (Wildman–Crippen LogP) is 1.71. The average Bonchev–Trinajstić information content (AvgIpc) is 2.43. The predicted molar refractivity (Wildman–Crippen MR) is 78.2 cm³/mol. The molecule has 1 aliphatic rings. The molecule has 1 rings (SSSR count). The lowest BCUT2D eigenvalue weighted by atomic mass is 9.77. The summed E-state index contributed by atoms with van der Waals surface area (Å²) in [6, 6.07) is 0. The van der Waals surface area contributed by atoms with Crippen LogP contribution in [0.25, 0.3) is 0 Å². The van der Waals surface area contributed by atoms with Crippen molar-refractivity contribution in [2.75, 3.05) is 19.6 Å². The van der Waals surface area contributed by atoms with E-state index >= 15 is 0 Å². The number of rotatable bonds is 6. The lowest BCUT2D eigenvalue weighted by molar-refractivity contribution is -0.156. The number of amides is 1. The molecule has 20 heavy (non-hydrogen) atoms. The number of carboxylic acids is 1. The Bertz CT molecular complexity index is 357. The van der Waals surface area contributed by atoms with Gasteiger partial charge in [-0.15, -0.1) is 0 Å². The number of aliphatic carboxylic acids is 1. The van der Waals surface area contributed by atoms with Crippen LogP contribution in [-0.4, -0.2) is 41.5 Å². The molecule has 3 N–H and O–H groups in total. The van der Waals surface area contributed by atoms with Crippen LogP contribution in [0.1, 0.15) is 46.5 Å². The van der Waals surface area contributed by atoms with Gasteiger partial charge in [0.05, 0.1) is 11.3 Å². The number of carbonyl (C=O) groups excluding carboxylic acids is 1. The van der Waals surface area contributed by atoms with Crippen molar-refractivity contribution >= 4 is 11.9 Å². The third-order valence-electron chi connectivity index (χ3n) is 4.41. The van der Waals surface area contributed by atoms with Crippen LogP contribution in [0.2, 0.25) is 0 Å². The summed E-state index contributed by atoms with van der Waals surface area (Å²) in [6.45, 7) is 7.34. The minimum atomic E-state index is -0.786. The number of nitrogens with two attached hydrogens (primary N) is 1. The molecule has 0 bridgehead atoms. The Hall–Kier alpha value is -1.10. The fraction of sp³-hybridized carbons (Fsp3) is 0.867. The first-order valence-electron chi connectivity index (χ1n) is 7.58. The zero-order valence-corrected chi connectivity index (χ0v) is 12.9. The smallest absolute Gasteiger partial charge is 0.311 e. The van der Waals surface area contributed by atoms with Crippen LogP contribution in [-0.2, 0) is 9.59 Å². The molecule has 0 saturated carbocycles. The summed E-state index contributed by atoms with van der Waals surface area (Å²) in [7, 11) is 0. The molecule has 116 valence electrons. The zero-order valence-electron chi connectivity index (χ0n) is 12.9. The zero-order chi connectivity index (χ0) is 15.3. The van der Waals surface area contributed by atoms with Gasteiger partial charge in [0.2, 0.25) is 5.91 Å². The van der Waals surface area contributed by atoms with Crippen LogP contribution in [0.15, 0.2) is 0 Å². The molecule has 1 saturated heterocycles. The van der Waals surface area contributed by atoms with Crippen LogP contribution in [0.5, 0.6) is 0 Å². The Morgan fingerprint density at radius 2 is 2.05 bits per heavy atom. The monoisotopic (exact) mass is 284 g/mol. The van der Waals surface area contributed by atoms with E-state index in [0.717, 1.165) is 12.8 Å². The third-order valence-corrected chi connectivity index (χ3v) is 4.41. The topological polar surface area (TPSA) is 83.6 Å². The fourth-order valence-electron chi connectivity index (χ4n) is 3.06. The van der Waals surface area contributed by atoms with E-state index in [9.17, 15) is 14.7 Å². The first-order valence-corrected chi connectivity index (χ1v) is 7.58. The van der Waals surface area contributed by atoms with Crippen LogP contribution in [0, 0.1) is 17.3 Å². The maximum Gasteiger partial charge on any atom is 0.311 e. The van der Waals surface area contributed by atoms with Gasteiger partial charge in [-0.1, -0.05) is 20.8 Å². The molecule has 1 amide bonds. The van der Waals surface area contributed by atoms with Gasteiger partial charge in [-0.05, 0) is 31.6 Å². The highest BCUT2D eigenvalue weighted by atomic mass is 16.4. The molecule has 0 radical (unpaired) electrons. The molecule has 0 aliphatic carbocycles. The molecule has 2 atom stereocenters. The fourth-order valence-corrected chi connectivity index (χ4v) is 3.06. The number of piperidine rings is 1. The molecule has 0 aromatic heterocycles. The quantitative estimate of drug-likeness (QED) is 0.777. The molecule has 2 unspecified atom stereocenters. The van der Waals surface area contributed by atoms with E-state index < -0.39 is 11.4 Å². The van der Waals surface area contributed by atoms with Gasteiger partial charge in [0, 0.05) is 19.6 Å². The largest absolute Gasteiger partial charge is 0.481 e. The summed E-state index contributed by atoms with van der Waals surface area (Å²) < 4.78 is 0. The normalized spacial score (nSPS) is 24.8. The Labute approximate surface area is 121 Å². The number of hydrogen-bond donors (Lipinski definition) is 2. The van der Waals surface area contributed by atoms with Crippen molar-refractivity contribution in [3.63, 3.8) is 0 Å². The minimum Gasteiger partial charge on any atom is -0.481 e. The highest BCUT2D eigenvalue weighted by molar-refractivity contribution is 5.81. The number of carboxylic acid groups (broad SMARTS) is 1. The highest BCUT2D eigenvalue weighted by Gasteiger charge is 2.42. The second-order valence-corrected chi connectivity index (χ2v) is 6.36. The average molecular weight is 284 g/mol. The summed E-state index contributed by atoms with van der Waals surface area (Å²) in [5.74, 6) is -0.533. The summed E-state index contributed by atoms with van der Waals surface area (Å²) in [5.41, 5.74) is 4.95. The van der Waals surface area contributed by atoms with Gasteiger partial charge >= 0.3 is 5.97 Å². The molecule has 0 aromatic carbocycles. The third kappa shape index (κ3) is 3.72. The number of carbonyl (C=O) groups is 2. The van der Waals surface area contributed by atoms with Gasteiger partial charge in [0.1, 0.15) is 0 Å². The number of likely N-dealkylation sites (tertiary alicyclic amines) is 1. The van der Waals surface area contributed by atoms with E-state index in [1.165, 1.54) is 0 Å². The standard InChI is InChI=1S/C15H28N2O3/c1-4-15(14(19)20)6-5-7-17(10-15)13(18)12(9-16)8-11(2)3/h11-12H,4-10,16H2,1-3H3,(H,19,20). The number of hydrogen-bond acceptors (Lipinski definition) is 3. The van der Waals surface area contributed by atoms with Crippen molar-refractivity contribution < 1.29 is 14.7 Å². The second-order valence-electron chi connectivity index (χ2n) is 6.36.